The SMILES string of the molecule is CCNC(c1ccccc1)C(C)Sc1nc(C)c(C)o1. The van der Waals surface area contributed by atoms with Crippen LogP contribution in [0.4, 0.5) is 0 Å². The molecule has 0 aliphatic carbocycles. The van der Waals surface area contributed by atoms with Crippen molar-refractivity contribution in [2.24, 2.45) is 0 Å². The van der Waals surface area contributed by atoms with Crippen LogP contribution in [0.1, 0.15) is 36.9 Å². The smallest absolute Gasteiger partial charge is 0.256 e. The minimum Gasteiger partial charge on any atom is -0.437 e. The Bertz CT molecular complexity index is 519. The molecule has 108 valence electrons. The topological polar surface area (TPSA) is 38.1 Å². The molecule has 2 unspecified atom stereocenters. The predicted molar refractivity (Wildman–Crippen MR) is 84.2 cm³/mol. The van der Waals surface area contributed by atoms with E-state index in [0.717, 1.165) is 23.2 Å². The number of hydrogen-bond donors (Lipinski definition) is 1. The summed E-state index contributed by atoms with van der Waals surface area (Å²) >= 11 is 1.68. The summed E-state index contributed by atoms with van der Waals surface area (Å²) in [5.74, 6) is 0.902. The highest BCUT2D eigenvalue weighted by molar-refractivity contribution is 7.99. The molecule has 2 atom stereocenters. The van der Waals surface area contributed by atoms with Gasteiger partial charge in [0, 0.05) is 11.3 Å². The van der Waals surface area contributed by atoms with Crippen molar-refractivity contribution in [3.8, 4) is 0 Å². The minimum absolute atomic E-state index is 0.290. The van der Waals surface area contributed by atoms with Crippen LogP contribution in [0.25, 0.3) is 0 Å². The maximum Gasteiger partial charge on any atom is 0.256 e. The fourth-order valence-corrected chi connectivity index (χ4v) is 3.23. The van der Waals surface area contributed by atoms with Gasteiger partial charge >= 0.3 is 0 Å². The lowest BCUT2D eigenvalue weighted by Crippen LogP contribution is -2.28. The zero-order valence-electron chi connectivity index (χ0n) is 12.5. The molecular formula is C16H22N2OS. The molecule has 0 aliphatic heterocycles. The van der Waals surface area contributed by atoms with Crippen LogP contribution in [-0.4, -0.2) is 16.8 Å². The summed E-state index contributed by atoms with van der Waals surface area (Å²) in [7, 11) is 0. The molecule has 1 aromatic heterocycles. The molecule has 1 aromatic carbocycles. The fraction of sp³-hybridized carbons (Fsp3) is 0.438. The van der Waals surface area contributed by atoms with Crippen LogP contribution in [0.2, 0.25) is 0 Å². The molecule has 0 amide bonds. The Balaban J connectivity index is 2.13. The Morgan fingerprint density at radius 3 is 2.50 bits per heavy atom. The third kappa shape index (κ3) is 3.64. The minimum atomic E-state index is 0.290. The zero-order valence-corrected chi connectivity index (χ0v) is 13.3. The molecule has 0 saturated heterocycles. The maximum atomic E-state index is 5.67. The highest BCUT2D eigenvalue weighted by Crippen LogP contribution is 2.32. The lowest BCUT2D eigenvalue weighted by Gasteiger charge is -2.23. The largest absolute Gasteiger partial charge is 0.437 e. The van der Waals surface area contributed by atoms with Crippen LogP contribution in [0.15, 0.2) is 40.0 Å². The number of hydrogen-bond acceptors (Lipinski definition) is 4. The van der Waals surface area contributed by atoms with Crippen molar-refractivity contribution in [2.75, 3.05) is 6.54 Å². The average molecular weight is 290 g/mol. The quantitative estimate of drug-likeness (QED) is 0.812. The Kier molecular flexibility index (Phi) is 5.26. The van der Waals surface area contributed by atoms with Crippen LogP contribution < -0.4 is 5.32 Å². The van der Waals surface area contributed by atoms with Gasteiger partial charge in [0.2, 0.25) is 0 Å². The number of aryl methyl sites for hydroxylation is 2. The van der Waals surface area contributed by atoms with Crippen molar-refractivity contribution in [1.29, 1.82) is 0 Å². The zero-order chi connectivity index (χ0) is 14.5. The van der Waals surface area contributed by atoms with Crippen molar-refractivity contribution in [3.63, 3.8) is 0 Å². The van der Waals surface area contributed by atoms with Crippen LogP contribution >= 0.6 is 11.8 Å². The molecular weight excluding hydrogens is 268 g/mol. The summed E-state index contributed by atoms with van der Waals surface area (Å²) < 4.78 is 5.67. The van der Waals surface area contributed by atoms with Gasteiger partial charge in [-0.25, -0.2) is 4.98 Å². The number of benzene rings is 1. The van der Waals surface area contributed by atoms with Crippen molar-refractivity contribution >= 4 is 11.8 Å². The molecule has 0 bridgehead atoms. The summed E-state index contributed by atoms with van der Waals surface area (Å²) in [5, 5.41) is 4.65. The second-order valence-electron chi connectivity index (χ2n) is 4.89. The van der Waals surface area contributed by atoms with Gasteiger partial charge in [0.15, 0.2) is 0 Å². The van der Waals surface area contributed by atoms with E-state index in [4.69, 9.17) is 4.42 Å². The Morgan fingerprint density at radius 1 is 1.25 bits per heavy atom. The Morgan fingerprint density at radius 2 is 1.95 bits per heavy atom. The first-order valence-corrected chi connectivity index (χ1v) is 7.88. The van der Waals surface area contributed by atoms with Crippen LogP contribution in [-0.2, 0) is 0 Å². The Hall–Kier alpha value is -1.26. The van der Waals surface area contributed by atoms with E-state index >= 15 is 0 Å². The summed E-state index contributed by atoms with van der Waals surface area (Å²) in [5.41, 5.74) is 2.27. The van der Waals surface area contributed by atoms with E-state index in [0.29, 0.717) is 11.3 Å². The summed E-state index contributed by atoms with van der Waals surface area (Å²) in [6.45, 7) is 9.21. The molecule has 0 radical (unpaired) electrons. The van der Waals surface area contributed by atoms with Crippen molar-refractivity contribution < 1.29 is 4.42 Å². The fourth-order valence-electron chi connectivity index (χ4n) is 2.16. The van der Waals surface area contributed by atoms with Gasteiger partial charge in [0.05, 0.1) is 5.69 Å². The van der Waals surface area contributed by atoms with E-state index in [1.165, 1.54) is 5.56 Å². The molecule has 3 nitrogen and oxygen atoms in total. The summed E-state index contributed by atoms with van der Waals surface area (Å²) in [6, 6.07) is 10.8. The number of aromatic nitrogens is 1. The van der Waals surface area contributed by atoms with E-state index in [1.807, 2.05) is 19.9 Å². The van der Waals surface area contributed by atoms with Crippen LogP contribution in [0.5, 0.6) is 0 Å². The lowest BCUT2D eigenvalue weighted by atomic mass is 10.0. The molecule has 1 heterocycles. The van der Waals surface area contributed by atoms with Gasteiger partial charge in [-0.1, -0.05) is 55.9 Å². The molecule has 4 heteroatoms. The van der Waals surface area contributed by atoms with Gasteiger partial charge in [-0.2, -0.15) is 0 Å². The van der Waals surface area contributed by atoms with E-state index in [2.05, 4.69) is 48.4 Å². The van der Waals surface area contributed by atoms with E-state index in [1.54, 1.807) is 11.8 Å². The average Bonchev–Trinajstić information content (AvgIpc) is 2.75. The highest BCUT2D eigenvalue weighted by atomic mass is 32.2. The molecule has 20 heavy (non-hydrogen) atoms. The number of rotatable bonds is 6. The van der Waals surface area contributed by atoms with E-state index in [-0.39, 0.29) is 0 Å². The molecule has 0 spiro atoms. The summed E-state index contributed by atoms with van der Waals surface area (Å²) in [4.78, 5) is 4.45. The maximum absolute atomic E-state index is 5.67. The van der Waals surface area contributed by atoms with Crippen molar-refractivity contribution in [2.45, 2.75) is 44.2 Å². The van der Waals surface area contributed by atoms with Gasteiger partial charge in [-0.05, 0) is 26.0 Å². The molecule has 2 rings (SSSR count). The second-order valence-corrected chi connectivity index (χ2v) is 6.22. The number of oxazole rings is 1. The molecule has 0 aliphatic rings. The normalized spacial score (nSPS) is 14.2. The number of nitrogens with one attached hydrogen (secondary N) is 1. The van der Waals surface area contributed by atoms with Gasteiger partial charge in [-0.3, -0.25) is 0 Å². The third-order valence-corrected chi connectivity index (χ3v) is 4.37. The third-order valence-electron chi connectivity index (χ3n) is 3.35. The first-order valence-electron chi connectivity index (χ1n) is 7.00. The monoisotopic (exact) mass is 290 g/mol. The lowest BCUT2D eigenvalue weighted by molar-refractivity contribution is 0.428. The van der Waals surface area contributed by atoms with Crippen LogP contribution in [0, 0.1) is 13.8 Å². The van der Waals surface area contributed by atoms with Gasteiger partial charge < -0.3 is 9.73 Å². The summed E-state index contributed by atoms with van der Waals surface area (Å²) in [6.07, 6.45) is 0. The molecule has 0 fully saturated rings. The van der Waals surface area contributed by atoms with Crippen molar-refractivity contribution in [3.05, 3.63) is 47.3 Å². The van der Waals surface area contributed by atoms with Crippen molar-refractivity contribution in [1.82, 2.24) is 10.3 Å². The molecule has 2 aromatic rings. The van der Waals surface area contributed by atoms with E-state index in [9.17, 15) is 0 Å². The first-order chi connectivity index (χ1) is 9.61. The first kappa shape index (κ1) is 15.1. The molecule has 1 N–H and O–H groups in total. The van der Waals surface area contributed by atoms with E-state index < -0.39 is 0 Å². The highest BCUT2D eigenvalue weighted by Gasteiger charge is 2.21. The Labute approximate surface area is 125 Å². The second kappa shape index (κ2) is 6.95. The van der Waals surface area contributed by atoms with Gasteiger partial charge in [0.25, 0.3) is 5.22 Å². The van der Waals surface area contributed by atoms with Crippen LogP contribution in [0.3, 0.4) is 0 Å². The number of thioether (sulfide) groups is 1. The predicted octanol–water partition coefficient (Wildman–Crippen LogP) is 4.12. The van der Waals surface area contributed by atoms with Gasteiger partial charge in [0.1, 0.15) is 5.76 Å². The standard InChI is InChI=1S/C16H22N2OS/c1-5-17-15(14-9-7-6-8-10-14)13(4)20-16-18-11(2)12(3)19-16/h6-10,13,15,17H,5H2,1-4H3. The number of nitrogens with zero attached hydrogens (tertiary/aromatic N) is 1. The molecule has 0 saturated carbocycles. The van der Waals surface area contributed by atoms with Gasteiger partial charge in [-0.15, -0.1) is 0 Å².